The molecule has 0 amide bonds. The van der Waals surface area contributed by atoms with E-state index in [0.717, 1.165) is 0 Å². The summed E-state index contributed by atoms with van der Waals surface area (Å²) in [4.78, 5) is 0.184. The molecule has 0 radical (unpaired) electrons. The molecule has 0 N–H and O–H groups in total. The van der Waals surface area contributed by atoms with Gasteiger partial charge in [-0.15, -0.1) is 0 Å². The van der Waals surface area contributed by atoms with Crippen LogP contribution < -0.4 is 18.5 Å². The fraction of sp³-hybridized carbons (Fsp3) is 0.294. The van der Waals surface area contributed by atoms with Crippen molar-refractivity contribution < 1.29 is 22.6 Å². The summed E-state index contributed by atoms with van der Waals surface area (Å²) >= 11 is 0. The van der Waals surface area contributed by atoms with Crippen LogP contribution in [0.15, 0.2) is 47.4 Å². The summed E-state index contributed by atoms with van der Waals surface area (Å²) in [6.45, 7) is 2.40. The Bertz CT molecular complexity index is 787. The molecule has 0 saturated heterocycles. The van der Waals surface area contributed by atoms with E-state index >= 15 is 0 Å². The fourth-order valence-corrected chi connectivity index (χ4v) is 3.38. The first-order valence-electron chi connectivity index (χ1n) is 7.37. The third-order valence-corrected chi connectivity index (χ3v) is 5.32. The van der Waals surface area contributed by atoms with Crippen molar-refractivity contribution in [3.63, 3.8) is 0 Å². The highest BCUT2D eigenvalue weighted by Gasteiger charge is 2.22. The third kappa shape index (κ3) is 3.56. The van der Waals surface area contributed by atoms with E-state index in [1.54, 1.807) is 30.3 Å². The van der Waals surface area contributed by atoms with Crippen molar-refractivity contribution in [3.05, 3.63) is 42.5 Å². The topological polar surface area (TPSA) is 65.1 Å². The van der Waals surface area contributed by atoms with E-state index in [4.69, 9.17) is 14.2 Å². The van der Waals surface area contributed by atoms with Gasteiger partial charge in [-0.2, -0.15) is 0 Å². The molecule has 2 aromatic carbocycles. The van der Waals surface area contributed by atoms with Crippen molar-refractivity contribution in [1.29, 1.82) is 0 Å². The Balaban J connectivity index is 2.34. The molecule has 2 rings (SSSR count). The van der Waals surface area contributed by atoms with Gasteiger partial charge in [0.25, 0.3) is 10.0 Å². The van der Waals surface area contributed by atoms with Gasteiger partial charge in [-0.1, -0.05) is 0 Å². The van der Waals surface area contributed by atoms with Crippen LogP contribution in [0.1, 0.15) is 6.92 Å². The maximum absolute atomic E-state index is 12.8. The van der Waals surface area contributed by atoms with Gasteiger partial charge in [-0.25, -0.2) is 8.42 Å². The summed E-state index contributed by atoms with van der Waals surface area (Å²) in [5, 5.41) is 0. The lowest BCUT2D eigenvalue weighted by Crippen LogP contribution is -2.26. The van der Waals surface area contributed by atoms with E-state index < -0.39 is 10.0 Å². The first kappa shape index (κ1) is 17.9. The highest BCUT2D eigenvalue weighted by atomic mass is 32.2. The van der Waals surface area contributed by atoms with Gasteiger partial charge in [-0.05, 0) is 43.3 Å². The molecule has 0 spiro atoms. The van der Waals surface area contributed by atoms with E-state index in [1.165, 1.54) is 37.7 Å². The second-order valence-electron chi connectivity index (χ2n) is 4.92. The number of nitrogens with zero attached hydrogens (tertiary/aromatic N) is 1. The summed E-state index contributed by atoms with van der Waals surface area (Å²) in [6, 6.07) is 11.3. The molecule has 0 unspecified atom stereocenters. The van der Waals surface area contributed by atoms with Crippen LogP contribution in [0.5, 0.6) is 17.2 Å². The number of hydrogen-bond donors (Lipinski definition) is 0. The number of hydrogen-bond acceptors (Lipinski definition) is 5. The molecule has 0 aliphatic heterocycles. The Morgan fingerprint density at radius 2 is 1.58 bits per heavy atom. The first-order valence-corrected chi connectivity index (χ1v) is 8.81. The van der Waals surface area contributed by atoms with Crippen LogP contribution in [0, 0.1) is 0 Å². The molecule has 130 valence electrons. The normalized spacial score (nSPS) is 11.0. The van der Waals surface area contributed by atoms with Crippen LogP contribution in [0.2, 0.25) is 0 Å². The molecule has 0 heterocycles. The van der Waals surface area contributed by atoms with E-state index in [-0.39, 0.29) is 4.90 Å². The largest absolute Gasteiger partial charge is 0.494 e. The molecule has 0 aliphatic carbocycles. The van der Waals surface area contributed by atoms with Crippen molar-refractivity contribution in [2.24, 2.45) is 0 Å². The lowest BCUT2D eigenvalue weighted by atomic mass is 10.3. The van der Waals surface area contributed by atoms with E-state index in [2.05, 4.69) is 0 Å². The van der Waals surface area contributed by atoms with Crippen molar-refractivity contribution in [1.82, 2.24) is 0 Å². The van der Waals surface area contributed by atoms with Crippen LogP contribution in [0.25, 0.3) is 0 Å². The van der Waals surface area contributed by atoms with Crippen LogP contribution in [-0.2, 0) is 10.0 Å². The second-order valence-corrected chi connectivity index (χ2v) is 6.89. The quantitative estimate of drug-likeness (QED) is 0.767. The Morgan fingerprint density at radius 1 is 0.958 bits per heavy atom. The Hall–Kier alpha value is -2.41. The molecule has 0 aromatic heterocycles. The van der Waals surface area contributed by atoms with E-state index in [9.17, 15) is 8.42 Å². The summed E-state index contributed by atoms with van der Waals surface area (Å²) < 4.78 is 42.5. The highest BCUT2D eigenvalue weighted by Crippen LogP contribution is 2.33. The number of anilines is 1. The van der Waals surface area contributed by atoms with Crippen LogP contribution in [0.3, 0.4) is 0 Å². The summed E-state index contributed by atoms with van der Waals surface area (Å²) in [5.41, 5.74) is 0.474. The van der Waals surface area contributed by atoms with Gasteiger partial charge in [0.2, 0.25) is 0 Å². The third-order valence-electron chi connectivity index (χ3n) is 3.52. The molecular weight excluding hydrogens is 330 g/mol. The van der Waals surface area contributed by atoms with Crippen LogP contribution >= 0.6 is 0 Å². The lowest BCUT2D eigenvalue weighted by Gasteiger charge is -2.21. The minimum Gasteiger partial charge on any atom is -0.494 e. The zero-order chi connectivity index (χ0) is 17.7. The van der Waals surface area contributed by atoms with Gasteiger partial charge in [0.1, 0.15) is 5.75 Å². The number of methoxy groups -OCH3 is 2. The highest BCUT2D eigenvalue weighted by molar-refractivity contribution is 7.92. The van der Waals surface area contributed by atoms with E-state index in [0.29, 0.717) is 29.5 Å². The SMILES string of the molecule is CCOc1ccc(S(=O)(=O)N(C)c2ccc(OC)c(OC)c2)cc1. The average Bonchev–Trinajstić information content (AvgIpc) is 2.61. The minimum absolute atomic E-state index is 0.184. The van der Waals surface area contributed by atoms with Crippen molar-refractivity contribution in [3.8, 4) is 17.2 Å². The number of benzene rings is 2. The smallest absolute Gasteiger partial charge is 0.264 e. The number of rotatable bonds is 7. The molecule has 0 saturated carbocycles. The van der Waals surface area contributed by atoms with Crippen molar-refractivity contribution in [2.75, 3.05) is 32.2 Å². The van der Waals surface area contributed by atoms with Crippen LogP contribution in [0.4, 0.5) is 5.69 Å². The average molecular weight is 351 g/mol. The maximum atomic E-state index is 12.8. The molecule has 0 atom stereocenters. The molecule has 24 heavy (non-hydrogen) atoms. The molecule has 0 aliphatic rings. The van der Waals surface area contributed by atoms with Crippen molar-refractivity contribution in [2.45, 2.75) is 11.8 Å². The Labute approximate surface area is 142 Å². The fourth-order valence-electron chi connectivity index (χ4n) is 2.19. The molecule has 2 aromatic rings. The monoisotopic (exact) mass is 351 g/mol. The van der Waals surface area contributed by atoms with Gasteiger partial charge >= 0.3 is 0 Å². The molecule has 0 bridgehead atoms. The Kier molecular flexibility index (Phi) is 5.56. The van der Waals surface area contributed by atoms with Crippen LogP contribution in [-0.4, -0.2) is 36.3 Å². The van der Waals surface area contributed by atoms with Crippen molar-refractivity contribution >= 4 is 15.7 Å². The van der Waals surface area contributed by atoms with Gasteiger partial charge in [0, 0.05) is 13.1 Å². The molecule has 0 fully saturated rings. The predicted octanol–water partition coefficient (Wildman–Crippen LogP) is 2.93. The maximum Gasteiger partial charge on any atom is 0.264 e. The zero-order valence-corrected chi connectivity index (χ0v) is 15.0. The predicted molar refractivity (Wildman–Crippen MR) is 92.7 cm³/mol. The zero-order valence-electron chi connectivity index (χ0n) is 14.1. The van der Waals surface area contributed by atoms with E-state index in [1.807, 2.05) is 6.92 Å². The number of ether oxygens (including phenoxy) is 3. The van der Waals surface area contributed by atoms with Gasteiger partial charge < -0.3 is 14.2 Å². The van der Waals surface area contributed by atoms with Gasteiger partial charge in [-0.3, -0.25) is 4.31 Å². The molecular formula is C17H21NO5S. The summed E-state index contributed by atoms with van der Waals surface area (Å²) in [7, 11) is 0.834. The molecule has 7 heteroatoms. The first-order chi connectivity index (χ1) is 11.4. The van der Waals surface area contributed by atoms with Gasteiger partial charge in [0.15, 0.2) is 11.5 Å². The minimum atomic E-state index is -3.69. The second kappa shape index (κ2) is 7.44. The standard InChI is InChI=1S/C17H21NO5S/c1-5-23-14-7-9-15(10-8-14)24(19,20)18(2)13-6-11-16(21-3)17(12-13)22-4/h6-12H,5H2,1-4H3. The molecule has 6 nitrogen and oxygen atoms in total. The lowest BCUT2D eigenvalue weighted by molar-refractivity contribution is 0.340. The summed E-state index contributed by atoms with van der Waals surface area (Å²) in [6.07, 6.45) is 0. The Morgan fingerprint density at radius 3 is 2.12 bits per heavy atom. The summed E-state index contributed by atoms with van der Waals surface area (Å²) in [5.74, 6) is 1.63. The van der Waals surface area contributed by atoms with Gasteiger partial charge in [0.05, 0.1) is 31.4 Å². The number of sulfonamides is 1.